The lowest BCUT2D eigenvalue weighted by Gasteiger charge is -2.23. The maximum absolute atomic E-state index is 10.8. The highest BCUT2D eigenvalue weighted by Crippen LogP contribution is 2.24. The van der Waals surface area contributed by atoms with Gasteiger partial charge in [0, 0.05) is 12.6 Å². The van der Waals surface area contributed by atoms with Crippen LogP contribution in [0.4, 0.5) is 5.95 Å². The molecule has 1 aromatic rings. The van der Waals surface area contributed by atoms with Gasteiger partial charge < -0.3 is 10.0 Å². The van der Waals surface area contributed by atoms with Gasteiger partial charge in [-0.15, -0.1) is 5.10 Å². The maximum atomic E-state index is 10.8. The summed E-state index contributed by atoms with van der Waals surface area (Å²) < 4.78 is 0. The van der Waals surface area contributed by atoms with Crippen LogP contribution >= 0.6 is 0 Å². The molecule has 1 atom stereocenters. The number of nitrogens with zero attached hydrogens (tertiary/aromatic N) is 4. The van der Waals surface area contributed by atoms with E-state index in [-0.39, 0.29) is 12.5 Å². The Morgan fingerprint density at radius 1 is 1.41 bits per heavy atom. The number of carboxylic acid groups (broad SMARTS) is 1. The van der Waals surface area contributed by atoms with Crippen molar-refractivity contribution in [2.24, 2.45) is 0 Å². The molecule has 1 N–H and O–H groups in total. The molecule has 6 heteroatoms. The lowest BCUT2D eigenvalue weighted by atomic mass is 10.1. The minimum atomic E-state index is -0.779. The van der Waals surface area contributed by atoms with Gasteiger partial charge in [0.1, 0.15) is 0 Å². The average Bonchev–Trinajstić information content (AvgIpc) is 2.69. The van der Waals surface area contributed by atoms with Crippen molar-refractivity contribution in [2.75, 3.05) is 11.4 Å². The van der Waals surface area contributed by atoms with E-state index < -0.39 is 5.97 Å². The Bertz CT molecular complexity index is 435. The quantitative estimate of drug-likeness (QED) is 0.841. The molecule has 0 aliphatic carbocycles. The van der Waals surface area contributed by atoms with Gasteiger partial charge in [0.2, 0.25) is 5.95 Å². The summed E-state index contributed by atoms with van der Waals surface area (Å²) in [5.41, 5.74) is 1.65. The molecule has 6 nitrogen and oxygen atoms in total. The van der Waals surface area contributed by atoms with Crippen LogP contribution < -0.4 is 4.90 Å². The summed E-state index contributed by atoms with van der Waals surface area (Å²) in [5, 5.41) is 16.9. The van der Waals surface area contributed by atoms with E-state index >= 15 is 0 Å². The number of carbonyl (C=O) groups is 1. The largest absolute Gasteiger partial charge is 0.481 e. The topological polar surface area (TPSA) is 79.2 Å². The lowest BCUT2D eigenvalue weighted by Crippen LogP contribution is -2.33. The first kappa shape index (κ1) is 11.8. The molecule has 2 rings (SSSR count). The molecule has 92 valence electrons. The van der Waals surface area contributed by atoms with Crippen molar-refractivity contribution in [1.82, 2.24) is 15.2 Å². The van der Waals surface area contributed by atoms with Gasteiger partial charge in [-0.3, -0.25) is 4.79 Å². The van der Waals surface area contributed by atoms with Gasteiger partial charge in [-0.1, -0.05) is 0 Å². The van der Waals surface area contributed by atoms with Crippen LogP contribution in [0.5, 0.6) is 0 Å². The van der Waals surface area contributed by atoms with Gasteiger partial charge in [0.15, 0.2) is 0 Å². The molecule has 1 aliphatic heterocycles. The van der Waals surface area contributed by atoms with Crippen LogP contribution in [0.15, 0.2) is 0 Å². The Labute approximate surface area is 99.7 Å². The molecule has 1 aromatic heterocycles. The maximum Gasteiger partial charge on any atom is 0.305 e. The molecule has 0 aromatic carbocycles. The first-order valence-corrected chi connectivity index (χ1v) is 5.74. The van der Waals surface area contributed by atoms with Gasteiger partial charge in [0.05, 0.1) is 17.8 Å². The average molecular weight is 236 g/mol. The molecule has 0 spiro atoms. The zero-order chi connectivity index (χ0) is 12.4. The molecule has 17 heavy (non-hydrogen) atoms. The normalized spacial score (nSPS) is 19.6. The highest BCUT2D eigenvalue weighted by atomic mass is 16.4. The first-order valence-electron chi connectivity index (χ1n) is 5.74. The van der Waals surface area contributed by atoms with Crippen LogP contribution in [0.3, 0.4) is 0 Å². The Morgan fingerprint density at radius 2 is 2.18 bits per heavy atom. The van der Waals surface area contributed by atoms with Gasteiger partial charge in [0.25, 0.3) is 0 Å². The van der Waals surface area contributed by atoms with Crippen molar-refractivity contribution in [3.05, 3.63) is 11.4 Å². The molecule has 0 radical (unpaired) electrons. The van der Waals surface area contributed by atoms with Crippen LogP contribution in [0, 0.1) is 13.8 Å². The molecule has 0 amide bonds. The third-order valence-electron chi connectivity index (χ3n) is 3.13. The van der Waals surface area contributed by atoms with E-state index in [4.69, 9.17) is 5.11 Å². The Kier molecular flexibility index (Phi) is 3.21. The molecule has 1 saturated heterocycles. The Morgan fingerprint density at radius 3 is 2.82 bits per heavy atom. The summed E-state index contributed by atoms with van der Waals surface area (Å²) in [6.07, 6.45) is 1.99. The molecule has 0 bridgehead atoms. The van der Waals surface area contributed by atoms with Crippen molar-refractivity contribution in [3.8, 4) is 0 Å². The van der Waals surface area contributed by atoms with E-state index in [2.05, 4.69) is 15.2 Å². The summed E-state index contributed by atoms with van der Waals surface area (Å²) in [5.74, 6) is -0.226. The molecule has 1 fully saturated rings. The minimum absolute atomic E-state index is 0.00333. The number of carboxylic acids is 1. The standard InChI is InChI=1S/C11H16N4O2/c1-7-8(2)13-14-11(12-7)15-5-3-4-9(15)6-10(16)17/h9H,3-6H2,1-2H3,(H,16,17). The van der Waals surface area contributed by atoms with E-state index in [1.54, 1.807) is 0 Å². The Balaban J connectivity index is 2.20. The van der Waals surface area contributed by atoms with E-state index in [0.717, 1.165) is 30.8 Å². The number of hydrogen-bond acceptors (Lipinski definition) is 5. The van der Waals surface area contributed by atoms with Crippen LogP contribution in [-0.4, -0.2) is 38.8 Å². The van der Waals surface area contributed by atoms with E-state index in [9.17, 15) is 4.79 Å². The van der Waals surface area contributed by atoms with Crippen LogP contribution in [0.1, 0.15) is 30.7 Å². The van der Waals surface area contributed by atoms with Crippen LogP contribution in [0.25, 0.3) is 0 Å². The second-order valence-corrected chi connectivity index (χ2v) is 4.37. The zero-order valence-electron chi connectivity index (χ0n) is 10.1. The van der Waals surface area contributed by atoms with Crippen LogP contribution in [0.2, 0.25) is 0 Å². The van der Waals surface area contributed by atoms with Crippen molar-refractivity contribution in [1.29, 1.82) is 0 Å². The predicted molar refractivity (Wildman–Crippen MR) is 61.9 cm³/mol. The molecule has 1 unspecified atom stereocenters. The smallest absolute Gasteiger partial charge is 0.305 e. The van der Waals surface area contributed by atoms with Gasteiger partial charge >= 0.3 is 5.97 Å². The third kappa shape index (κ3) is 2.51. The molecule has 2 heterocycles. The summed E-state index contributed by atoms with van der Waals surface area (Å²) in [6.45, 7) is 4.55. The van der Waals surface area contributed by atoms with Crippen molar-refractivity contribution in [2.45, 2.75) is 39.2 Å². The van der Waals surface area contributed by atoms with E-state index in [0.29, 0.717) is 5.95 Å². The number of rotatable bonds is 3. The minimum Gasteiger partial charge on any atom is -0.481 e. The van der Waals surface area contributed by atoms with Gasteiger partial charge in [-0.2, -0.15) is 5.10 Å². The Hall–Kier alpha value is -1.72. The number of aromatic nitrogens is 3. The van der Waals surface area contributed by atoms with E-state index in [1.165, 1.54) is 0 Å². The fourth-order valence-corrected chi connectivity index (χ4v) is 2.08. The first-order chi connectivity index (χ1) is 8.08. The highest BCUT2D eigenvalue weighted by molar-refractivity contribution is 5.68. The molecule has 1 aliphatic rings. The van der Waals surface area contributed by atoms with Gasteiger partial charge in [-0.25, -0.2) is 4.98 Å². The van der Waals surface area contributed by atoms with Crippen molar-refractivity contribution < 1.29 is 9.90 Å². The molecular formula is C11H16N4O2. The van der Waals surface area contributed by atoms with Crippen molar-refractivity contribution in [3.63, 3.8) is 0 Å². The predicted octanol–water partition coefficient (Wildman–Crippen LogP) is 0.932. The lowest BCUT2D eigenvalue weighted by molar-refractivity contribution is -0.137. The second kappa shape index (κ2) is 4.65. The van der Waals surface area contributed by atoms with E-state index in [1.807, 2.05) is 18.7 Å². The zero-order valence-corrected chi connectivity index (χ0v) is 10.1. The van der Waals surface area contributed by atoms with Crippen LogP contribution in [-0.2, 0) is 4.79 Å². The number of aliphatic carboxylic acids is 1. The van der Waals surface area contributed by atoms with Gasteiger partial charge in [-0.05, 0) is 26.7 Å². The summed E-state index contributed by atoms with van der Waals surface area (Å²) in [4.78, 5) is 17.1. The van der Waals surface area contributed by atoms with Crippen molar-refractivity contribution >= 4 is 11.9 Å². The summed E-state index contributed by atoms with van der Waals surface area (Å²) in [7, 11) is 0. The number of aryl methyl sites for hydroxylation is 2. The number of anilines is 1. The second-order valence-electron chi connectivity index (χ2n) is 4.37. The summed E-state index contributed by atoms with van der Waals surface area (Å²) in [6, 6.07) is -0.00333. The fourth-order valence-electron chi connectivity index (χ4n) is 2.08. The third-order valence-corrected chi connectivity index (χ3v) is 3.13. The highest BCUT2D eigenvalue weighted by Gasteiger charge is 2.28. The summed E-state index contributed by atoms with van der Waals surface area (Å²) >= 11 is 0. The molecule has 0 saturated carbocycles. The fraction of sp³-hybridized carbons (Fsp3) is 0.636. The number of hydrogen-bond donors (Lipinski definition) is 1. The molecular weight excluding hydrogens is 220 g/mol. The monoisotopic (exact) mass is 236 g/mol. The SMILES string of the molecule is Cc1nnc(N2CCCC2CC(=O)O)nc1C.